The number of carbonyl (C=O) groups excluding carboxylic acids is 1. The Morgan fingerprint density at radius 2 is 1.70 bits per heavy atom. The van der Waals surface area contributed by atoms with Gasteiger partial charge in [0.15, 0.2) is 0 Å². The first-order valence-corrected chi connectivity index (χ1v) is 12.8. The fourth-order valence-electron chi connectivity index (χ4n) is 4.28. The maximum Gasteiger partial charge on any atom is 0.266 e. The number of aryl methyl sites for hydroxylation is 2. The molecule has 1 aromatic heterocycles. The van der Waals surface area contributed by atoms with E-state index in [4.69, 9.17) is 28.2 Å². The van der Waals surface area contributed by atoms with E-state index >= 15 is 0 Å². The Bertz CT molecular complexity index is 1530. The van der Waals surface area contributed by atoms with E-state index in [1.165, 1.54) is 0 Å². The molecule has 192 valence electrons. The number of hydrogen-bond acceptors (Lipinski definition) is 4. The van der Waals surface area contributed by atoms with Gasteiger partial charge in [-0.05, 0) is 88.5 Å². The van der Waals surface area contributed by atoms with Gasteiger partial charge in [0.05, 0.1) is 33.2 Å². The van der Waals surface area contributed by atoms with Crippen LogP contribution in [0.2, 0.25) is 10.0 Å². The van der Waals surface area contributed by atoms with Crippen LogP contribution >= 0.6 is 23.2 Å². The fourth-order valence-corrected chi connectivity index (χ4v) is 4.77. The third kappa shape index (κ3) is 5.57. The van der Waals surface area contributed by atoms with E-state index in [2.05, 4.69) is 0 Å². The molecule has 37 heavy (non-hydrogen) atoms. The lowest BCUT2D eigenvalue weighted by Crippen LogP contribution is -2.41. The average Bonchev–Trinajstić information content (AvgIpc) is 2.85. The quantitative estimate of drug-likeness (QED) is 0.287. The molecule has 0 N–H and O–H groups in total. The van der Waals surface area contributed by atoms with Gasteiger partial charge in [-0.25, -0.2) is 4.98 Å². The second kappa shape index (κ2) is 11.1. The monoisotopic (exact) mass is 536 g/mol. The summed E-state index contributed by atoms with van der Waals surface area (Å²) in [6.45, 7) is 6.95. The minimum Gasteiger partial charge on any atom is -0.327 e. The molecular formula is C29H30Cl2N4O2. The van der Waals surface area contributed by atoms with Crippen molar-refractivity contribution in [2.24, 2.45) is 0 Å². The van der Waals surface area contributed by atoms with Gasteiger partial charge in [0.1, 0.15) is 5.82 Å². The van der Waals surface area contributed by atoms with Crippen molar-refractivity contribution in [3.05, 3.63) is 104 Å². The van der Waals surface area contributed by atoms with Gasteiger partial charge in [0.2, 0.25) is 0 Å². The maximum atomic E-state index is 13.9. The Labute approximate surface area is 227 Å². The first kappa shape index (κ1) is 26.9. The molecule has 0 aliphatic heterocycles. The zero-order valence-electron chi connectivity index (χ0n) is 21.6. The number of benzene rings is 3. The van der Waals surface area contributed by atoms with E-state index in [1.807, 2.05) is 76.2 Å². The van der Waals surface area contributed by atoms with E-state index in [1.54, 1.807) is 33.7 Å². The van der Waals surface area contributed by atoms with Gasteiger partial charge in [0, 0.05) is 18.1 Å². The Hall–Kier alpha value is -3.19. The lowest BCUT2D eigenvalue weighted by atomic mass is 10.1. The first-order valence-electron chi connectivity index (χ1n) is 12.1. The smallest absolute Gasteiger partial charge is 0.266 e. The number of para-hydroxylation sites is 1. The highest BCUT2D eigenvalue weighted by molar-refractivity contribution is 6.36. The molecule has 0 radical (unpaired) electrons. The largest absolute Gasteiger partial charge is 0.327 e. The molecule has 0 fully saturated rings. The zero-order chi connectivity index (χ0) is 26.9. The summed E-state index contributed by atoms with van der Waals surface area (Å²) in [5.41, 5.74) is 3.64. The van der Waals surface area contributed by atoms with Crippen molar-refractivity contribution in [1.29, 1.82) is 0 Å². The van der Waals surface area contributed by atoms with Crippen LogP contribution < -0.4 is 5.56 Å². The molecule has 3 aromatic carbocycles. The Balaban J connectivity index is 1.92. The highest BCUT2D eigenvalue weighted by Gasteiger charge is 2.29. The fraction of sp³-hybridized carbons (Fsp3) is 0.276. The van der Waals surface area contributed by atoms with Gasteiger partial charge < -0.3 is 9.80 Å². The van der Waals surface area contributed by atoms with E-state index in [0.717, 1.165) is 11.1 Å². The first-order chi connectivity index (χ1) is 17.6. The van der Waals surface area contributed by atoms with Gasteiger partial charge in [0.25, 0.3) is 11.5 Å². The van der Waals surface area contributed by atoms with Crippen molar-refractivity contribution in [3.63, 3.8) is 0 Å². The van der Waals surface area contributed by atoms with Crippen molar-refractivity contribution in [3.8, 4) is 5.69 Å². The van der Waals surface area contributed by atoms with E-state index in [9.17, 15) is 9.59 Å². The number of halogens is 2. The van der Waals surface area contributed by atoms with Crippen LogP contribution in [0.15, 0.2) is 65.5 Å². The number of amides is 1. The van der Waals surface area contributed by atoms with Gasteiger partial charge in [-0.15, -0.1) is 0 Å². The topological polar surface area (TPSA) is 58.4 Å². The van der Waals surface area contributed by atoms with Crippen LogP contribution in [0.3, 0.4) is 0 Å². The van der Waals surface area contributed by atoms with E-state index in [0.29, 0.717) is 46.1 Å². The normalized spacial score (nSPS) is 12.2. The van der Waals surface area contributed by atoms with Crippen LogP contribution in [-0.4, -0.2) is 52.4 Å². The lowest BCUT2D eigenvalue weighted by molar-refractivity contribution is 0.0667. The summed E-state index contributed by atoms with van der Waals surface area (Å²) in [6.07, 6.45) is 0. The van der Waals surface area contributed by atoms with Crippen molar-refractivity contribution in [1.82, 2.24) is 19.4 Å². The van der Waals surface area contributed by atoms with Gasteiger partial charge in [-0.1, -0.05) is 41.4 Å². The zero-order valence-corrected chi connectivity index (χ0v) is 23.1. The number of fused-ring (bicyclic) bond motifs is 1. The third-order valence-corrected chi connectivity index (χ3v) is 7.15. The van der Waals surface area contributed by atoms with Crippen LogP contribution in [0, 0.1) is 13.8 Å². The Kier molecular flexibility index (Phi) is 8.02. The highest BCUT2D eigenvalue weighted by atomic mass is 35.5. The molecule has 8 heteroatoms. The molecule has 1 amide bonds. The van der Waals surface area contributed by atoms with Crippen LogP contribution in [-0.2, 0) is 0 Å². The molecule has 0 spiro atoms. The molecule has 0 aliphatic carbocycles. The van der Waals surface area contributed by atoms with Crippen LogP contribution in [0.4, 0.5) is 0 Å². The Morgan fingerprint density at radius 1 is 0.973 bits per heavy atom. The number of likely N-dealkylation sites (N-methyl/N-ethyl adjacent to an activating group) is 1. The molecule has 4 aromatic rings. The summed E-state index contributed by atoms with van der Waals surface area (Å²) in [5.74, 6) is 0.217. The summed E-state index contributed by atoms with van der Waals surface area (Å²) in [7, 11) is 3.89. The average molecular weight is 537 g/mol. The predicted octanol–water partition coefficient (Wildman–Crippen LogP) is 6.07. The molecule has 6 nitrogen and oxygen atoms in total. The van der Waals surface area contributed by atoms with Gasteiger partial charge in [-0.3, -0.25) is 14.2 Å². The summed E-state index contributed by atoms with van der Waals surface area (Å²) < 4.78 is 1.62. The molecule has 0 aliphatic rings. The SMILES string of the molecule is Cc1ccc(-n2c(C(C)N(CCN(C)C)C(=O)c3ccc(Cl)cc3Cl)nc3ccccc3c2=O)cc1C. The second-order valence-electron chi connectivity index (χ2n) is 9.50. The minimum absolute atomic E-state index is 0.180. The molecular weight excluding hydrogens is 507 g/mol. The maximum absolute atomic E-state index is 13.9. The van der Waals surface area contributed by atoms with Gasteiger partial charge in [-0.2, -0.15) is 0 Å². The van der Waals surface area contributed by atoms with Crippen molar-refractivity contribution in [2.45, 2.75) is 26.8 Å². The number of rotatable bonds is 7. The van der Waals surface area contributed by atoms with Gasteiger partial charge >= 0.3 is 0 Å². The number of aromatic nitrogens is 2. The second-order valence-corrected chi connectivity index (χ2v) is 10.3. The predicted molar refractivity (Wildman–Crippen MR) is 151 cm³/mol. The molecule has 1 atom stereocenters. The number of carbonyl (C=O) groups is 1. The van der Waals surface area contributed by atoms with Crippen LogP contribution in [0.5, 0.6) is 0 Å². The van der Waals surface area contributed by atoms with E-state index in [-0.39, 0.29) is 16.5 Å². The van der Waals surface area contributed by atoms with Crippen molar-refractivity contribution < 1.29 is 4.79 Å². The Morgan fingerprint density at radius 3 is 2.38 bits per heavy atom. The molecule has 0 saturated carbocycles. The summed E-state index contributed by atoms with van der Waals surface area (Å²) in [5, 5.41) is 1.25. The molecule has 0 saturated heterocycles. The standard InChI is InChI=1S/C29H30Cl2N4O2/c1-18-10-12-22(16-19(18)2)35-27(32-26-9-7-6-8-24(26)29(35)37)20(3)34(15-14-33(4)5)28(36)23-13-11-21(30)17-25(23)31/h6-13,16-17,20H,14-15H2,1-5H3. The van der Waals surface area contributed by atoms with Crippen molar-refractivity contribution in [2.75, 3.05) is 27.2 Å². The molecule has 1 unspecified atom stereocenters. The summed E-state index contributed by atoms with van der Waals surface area (Å²) in [6, 6.07) is 17.5. The summed E-state index contributed by atoms with van der Waals surface area (Å²) in [4.78, 5) is 36.3. The van der Waals surface area contributed by atoms with E-state index < -0.39 is 6.04 Å². The number of hydrogen-bond donors (Lipinski definition) is 0. The highest BCUT2D eigenvalue weighted by Crippen LogP contribution is 2.28. The summed E-state index contributed by atoms with van der Waals surface area (Å²) >= 11 is 12.5. The van der Waals surface area contributed by atoms with Crippen molar-refractivity contribution >= 4 is 40.0 Å². The minimum atomic E-state index is -0.543. The van der Waals surface area contributed by atoms with Crippen LogP contribution in [0.25, 0.3) is 16.6 Å². The third-order valence-electron chi connectivity index (χ3n) is 6.60. The molecule has 1 heterocycles. The molecule has 0 bridgehead atoms. The lowest BCUT2D eigenvalue weighted by Gasteiger charge is -2.32. The number of nitrogens with zero attached hydrogens (tertiary/aromatic N) is 4. The molecule has 4 rings (SSSR count). The van der Waals surface area contributed by atoms with Crippen LogP contribution in [0.1, 0.15) is 40.3 Å².